The van der Waals surface area contributed by atoms with Gasteiger partial charge in [0.2, 0.25) is 0 Å². The van der Waals surface area contributed by atoms with Crippen molar-refractivity contribution in [2.75, 3.05) is 9.80 Å². The first-order chi connectivity index (χ1) is 31.8. The molecule has 0 aliphatic carbocycles. The molecule has 4 heteroatoms. The Kier molecular flexibility index (Phi) is 9.59. The second-order valence-corrected chi connectivity index (χ2v) is 17.9. The first-order valence-corrected chi connectivity index (χ1v) is 23.4. The van der Waals surface area contributed by atoms with E-state index in [1.165, 1.54) is 64.0 Å². The van der Waals surface area contributed by atoms with Gasteiger partial charge in [-0.05, 0) is 117 Å². The molecule has 12 aromatic rings. The Morgan fingerprint density at radius 3 is 0.969 bits per heavy atom. The van der Waals surface area contributed by atoms with Crippen molar-refractivity contribution in [2.24, 2.45) is 0 Å². The molecule has 0 N–H and O–H groups in total. The van der Waals surface area contributed by atoms with Crippen molar-refractivity contribution in [2.45, 2.75) is 0 Å². The van der Waals surface area contributed by atoms with Gasteiger partial charge in [-0.1, -0.05) is 158 Å². The van der Waals surface area contributed by atoms with Crippen LogP contribution in [0.3, 0.4) is 0 Å². The summed E-state index contributed by atoms with van der Waals surface area (Å²) < 4.78 is 2.62. The summed E-state index contributed by atoms with van der Waals surface area (Å²) in [6.45, 7) is 0. The van der Waals surface area contributed by atoms with Crippen LogP contribution in [-0.2, 0) is 0 Å². The first-order valence-electron chi connectivity index (χ1n) is 21.6. The van der Waals surface area contributed by atoms with Gasteiger partial charge in [-0.3, -0.25) is 0 Å². The molecule has 0 saturated carbocycles. The fraction of sp³-hybridized carbons (Fsp3) is 0. The lowest BCUT2D eigenvalue weighted by molar-refractivity contribution is 1.29. The molecule has 2 aromatic heterocycles. The molecule has 0 atom stereocenters. The zero-order valence-electron chi connectivity index (χ0n) is 34.8. The fourth-order valence-electron chi connectivity index (χ4n) is 9.41. The van der Waals surface area contributed by atoms with Crippen LogP contribution >= 0.6 is 22.7 Å². The van der Waals surface area contributed by atoms with Crippen molar-refractivity contribution < 1.29 is 0 Å². The van der Waals surface area contributed by atoms with Gasteiger partial charge in [0.25, 0.3) is 0 Å². The van der Waals surface area contributed by atoms with Crippen LogP contribution in [0.15, 0.2) is 241 Å². The molecule has 0 aliphatic heterocycles. The molecule has 0 fully saturated rings. The van der Waals surface area contributed by atoms with Crippen LogP contribution in [0.25, 0.3) is 75.1 Å². The normalized spacial score (nSPS) is 11.4. The molecule has 302 valence electrons. The Hall–Kier alpha value is -7.76. The Labute approximate surface area is 380 Å². The molecule has 0 bridgehead atoms. The Morgan fingerprint density at radius 2 is 0.562 bits per heavy atom. The predicted octanol–water partition coefficient (Wildman–Crippen LogP) is 18.4. The van der Waals surface area contributed by atoms with E-state index in [0.29, 0.717) is 0 Å². The topological polar surface area (TPSA) is 6.48 Å². The molecule has 0 saturated heterocycles. The van der Waals surface area contributed by atoms with Gasteiger partial charge in [0.15, 0.2) is 0 Å². The summed E-state index contributed by atoms with van der Waals surface area (Å²) in [4.78, 5) is 4.78. The van der Waals surface area contributed by atoms with E-state index in [1.807, 2.05) is 22.7 Å². The van der Waals surface area contributed by atoms with Crippen LogP contribution in [-0.4, -0.2) is 0 Å². The van der Waals surface area contributed by atoms with Crippen LogP contribution in [0.4, 0.5) is 34.1 Å². The average Bonchev–Trinajstić information content (AvgIpc) is 4.00. The van der Waals surface area contributed by atoms with Crippen LogP contribution < -0.4 is 9.80 Å². The van der Waals surface area contributed by atoms with Gasteiger partial charge < -0.3 is 9.80 Å². The molecule has 0 radical (unpaired) electrons. The van der Waals surface area contributed by atoms with Crippen molar-refractivity contribution in [3.63, 3.8) is 0 Å². The van der Waals surface area contributed by atoms with E-state index in [2.05, 4.69) is 251 Å². The number of nitrogens with zero attached hydrogens (tertiary/aromatic N) is 2. The van der Waals surface area contributed by atoms with Gasteiger partial charge in [-0.15, -0.1) is 22.7 Å². The number of hydrogen-bond acceptors (Lipinski definition) is 4. The van der Waals surface area contributed by atoms with Gasteiger partial charge >= 0.3 is 0 Å². The highest BCUT2D eigenvalue weighted by molar-refractivity contribution is 7.18. The van der Waals surface area contributed by atoms with Crippen LogP contribution in [0.2, 0.25) is 0 Å². The largest absolute Gasteiger partial charge is 0.310 e. The molecule has 0 amide bonds. The predicted molar refractivity (Wildman–Crippen MR) is 278 cm³/mol. The Bertz CT molecular complexity index is 3370. The lowest BCUT2D eigenvalue weighted by Crippen LogP contribution is -2.10. The third-order valence-electron chi connectivity index (χ3n) is 12.4. The Morgan fingerprint density at radius 1 is 0.234 bits per heavy atom. The third-order valence-corrected chi connectivity index (χ3v) is 14.4. The van der Waals surface area contributed by atoms with Crippen molar-refractivity contribution in [1.82, 2.24) is 0 Å². The number of fused-ring (bicyclic) bond motifs is 4. The minimum atomic E-state index is 1.10. The van der Waals surface area contributed by atoms with Crippen LogP contribution in [0, 0.1) is 0 Å². The monoisotopic (exact) mass is 852 g/mol. The summed E-state index contributed by atoms with van der Waals surface area (Å²) in [6.07, 6.45) is 0. The summed E-state index contributed by atoms with van der Waals surface area (Å²) in [6, 6.07) is 83.7. The van der Waals surface area contributed by atoms with Crippen molar-refractivity contribution in [3.05, 3.63) is 241 Å². The number of benzene rings is 10. The second kappa shape index (κ2) is 16.2. The standard InChI is InChI=1S/C60H40N2S2/c1-3-15-43(16-4-1)61(57-37-35-49(47-19-7-9-21-51(47)57)55-39-63-59-25-13-11-23-53(55)59)45-31-27-41(28-32-45)42-29-33-46(34-30-42)62(44-17-5-2-6-18-44)58-38-36-50(48-20-8-10-22-52(48)58)56-40-64-60-26-14-12-24-54(56)60/h1-40H. The highest BCUT2D eigenvalue weighted by Crippen LogP contribution is 2.46. The summed E-state index contributed by atoms with van der Waals surface area (Å²) in [5, 5.41) is 12.1. The van der Waals surface area contributed by atoms with Crippen LogP contribution in [0.1, 0.15) is 0 Å². The van der Waals surface area contributed by atoms with Crippen molar-refractivity contribution in [1.29, 1.82) is 0 Å². The first kappa shape index (κ1) is 38.0. The van der Waals surface area contributed by atoms with E-state index in [-0.39, 0.29) is 0 Å². The van der Waals surface area contributed by atoms with Crippen molar-refractivity contribution >= 4 is 98.5 Å². The lowest BCUT2D eigenvalue weighted by Gasteiger charge is -2.28. The molecule has 12 rings (SSSR count). The smallest absolute Gasteiger partial charge is 0.0540 e. The summed E-state index contributed by atoms with van der Waals surface area (Å²) >= 11 is 3.62. The lowest BCUT2D eigenvalue weighted by atomic mass is 9.95. The molecule has 2 nitrogen and oxygen atoms in total. The molecule has 2 heterocycles. The zero-order chi connectivity index (χ0) is 42.4. The number of thiophene rings is 2. The Balaban J connectivity index is 0.908. The van der Waals surface area contributed by atoms with E-state index in [0.717, 1.165) is 45.3 Å². The third kappa shape index (κ3) is 6.63. The number of rotatable bonds is 9. The molecule has 0 spiro atoms. The van der Waals surface area contributed by atoms with E-state index in [1.54, 1.807) is 0 Å². The maximum absolute atomic E-state index is 2.39. The highest BCUT2D eigenvalue weighted by atomic mass is 32.1. The summed E-state index contributed by atoms with van der Waals surface area (Å²) in [5.74, 6) is 0. The van der Waals surface area contributed by atoms with E-state index < -0.39 is 0 Å². The molecular weight excluding hydrogens is 813 g/mol. The minimum Gasteiger partial charge on any atom is -0.310 e. The number of para-hydroxylation sites is 2. The maximum Gasteiger partial charge on any atom is 0.0540 e. The van der Waals surface area contributed by atoms with Gasteiger partial charge in [0, 0.05) is 64.8 Å². The minimum absolute atomic E-state index is 1.10. The van der Waals surface area contributed by atoms with Crippen molar-refractivity contribution in [3.8, 4) is 33.4 Å². The molecule has 0 aliphatic rings. The molecule has 0 unspecified atom stereocenters. The molecule has 64 heavy (non-hydrogen) atoms. The highest BCUT2D eigenvalue weighted by Gasteiger charge is 2.21. The second-order valence-electron chi connectivity index (χ2n) is 16.1. The van der Waals surface area contributed by atoms with E-state index in [9.17, 15) is 0 Å². The van der Waals surface area contributed by atoms with Gasteiger partial charge in [-0.2, -0.15) is 0 Å². The van der Waals surface area contributed by atoms with Gasteiger partial charge in [0.1, 0.15) is 0 Å². The zero-order valence-corrected chi connectivity index (χ0v) is 36.4. The summed E-state index contributed by atoms with van der Waals surface area (Å²) in [7, 11) is 0. The molecule has 10 aromatic carbocycles. The summed E-state index contributed by atoms with van der Waals surface area (Å²) in [5.41, 5.74) is 14.1. The van der Waals surface area contributed by atoms with E-state index in [4.69, 9.17) is 0 Å². The quantitative estimate of drug-likeness (QED) is 0.143. The SMILES string of the molecule is c1ccc(N(c2ccc(-c3ccc(N(c4ccccc4)c4ccc(-c5csc6ccccc56)c5ccccc45)cc3)cc2)c2ccc(-c3csc4ccccc34)c3ccccc23)cc1. The van der Waals surface area contributed by atoms with Gasteiger partial charge in [0.05, 0.1) is 11.4 Å². The maximum atomic E-state index is 2.39. The molecular formula is C60H40N2S2. The number of anilines is 6. The average molecular weight is 853 g/mol. The van der Waals surface area contributed by atoms with Crippen LogP contribution in [0.5, 0.6) is 0 Å². The van der Waals surface area contributed by atoms with Gasteiger partial charge in [-0.25, -0.2) is 0 Å². The number of hydrogen-bond donors (Lipinski definition) is 0. The fourth-order valence-corrected chi connectivity index (χ4v) is 11.3. The van der Waals surface area contributed by atoms with E-state index >= 15 is 0 Å².